The van der Waals surface area contributed by atoms with E-state index in [0.717, 1.165) is 33.4 Å². The third kappa shape index (κ3) is 8.83. The Balaban J connectivity index is 1.27. The number of hydrogen-bond donors (Lipinski definition) is 0. The molecule has 1 fully saturated rings. The summed E-state index contributed by atoms with van der Waals surface area (Å²) >= 11 is 0. The molecule has 6 aromatic carbocycles. The lowest BCUT2D eigenvalue weighted by molar-refractivity contribution is -0.325. The third-order valence-electron chi connectivity index (χ3n) is 9.68. The van der Waals surface area contributed by atoms with Crippen LogP contribution < -0.4 is 0 Å². The predicted octanol–water partition coefficient (Wildman–Crippen LogP) is 9.12. The zero-order valence-corrected chi connectivity index (χ0v) is 30.0. The highest BCUT2D eigenvalue weighted by Gasteiger charge is 2.50. The predicted molar refractivity (Wildman–Crippen MR) is 206 cm³/mol. The van der Waals surface area contributed by atoms with Gasteiger partial charge in [0.05, 0.1) is 26.4 Å². The summed E-state index contributed by atoms with van der Waals surface area (Å²) in [7, 11) is 1.64. The Kier molecular flexibility index (Phi) is 12.5. The van der Waals surface area contributed by atoms with Crippen LogP contribution in [-0.2, 0) is 53.8 Å². The summed E-state index contributed by atoms with van der Waals surface area (Å²) in [6.07, 6.45) is -3.13. The first-order valence-electron chi connectivity index (χ1n) is 18.2. The van der Waals surface area contributed by atoms with Gasteiger partial charge in [0, 0.05) is 7.11 Å². The minimum atomic E-state index is -0.958. The second-order valence-corrected chi connectivity index (χ2v) is 13.2. The van der Waals surface area contributed by atoms with Gasteiger partial charge in [0.1, 0.15) is 30.0 Å². The van der Waals surface area contributed by atoms with Crippen LogP contribution in [-0.4, -0.2) is 44.4 Å². The zero-order valence-electron chi connectivity index (χ0n) is 30.0. The highest BCUT2D eigenvalue weighted by molar-refractivity contribution is 5.47. The maximum Gasteiger partial charge on any atom is 0.186 e. The van der Waals surface area contributed by atoms with Gasteiger partial charge in [-0.3, -0.25) is 0 Å². The normalized spacial score (nSPS) is 20.2. The average Bonchev–Trinajstić information content (AvgIpc) is 3.24. The molecule has 0 radical (unpaired) electrons. The molecule has 6 heteroatoms. The Bertz CT molecular complexity index is 1810. The Morgan fingerprint density at radius 2 is 0.774 bits per heavy atom. The van der Waals surface area contributed by atoms with E-state index in [2.05, 4.69) is 60.7 Å². The van der Waals surface area contributed by atoms with Gasteiger partial charge >= 0.3 is 0 Å². The Morgan fingerprint density at radius 3 is 1.15 bits per heavy atom. The lowest BCUT2D eigenvalue weighted by Crippen LogP contribution is -2.62. The summed E-state index contributed by atoms with van der Waals surface area (Å²) in [6.45, 7) is 1.22. The van der Waals surface area contributed by atoms with Gasteiger partial charge in [0.25, 0.3) is 0 Å². The van der Waals surface area contributed by atoms with Gasteiger partial charge in [0.15, 0.2) is 6.29 Å². The summed E-state index contributed by atoms with van der Waals surface area (Å²) < 4.78 is 40.6. The van der Waals surface area contributed by atoms with E-state index in [1.54, 1.807) is 7.11 Å². The molecule has 1 aliphatic rings. The van der Waals surface area contributed by atoms with Gasteiger partial charge in [-0.15, -0.1) is 0 Å². The van der Waals surface area contributed by atoms with E-state index < -0.39 is 36.3 Å². The van der Waals surface area contributed by atoms with Crippen molar-refractivity contribution < 1.29 is 28.4 Å². The van der Waals surface area contributed by atoms with Crippen molar-refractivity contribution in [3.8, 4) is 0 Å². The summed E-state index contributed by atoms with van der Waals surface area (Å²) in [5.41, 5.74) is 5.16. The Labute approximate surface area is 312 Å². The maximum atomic E-state index is 7.32. The molecule has 270 valence electrons. The van der Waals surface area contributed by atoms with Crippen molar-refractivity contribution in [2.45, 2.75) is 56.1 Å². The molecule has 7 rings (SSSR count). The second kappa shape index (κ2) is 18.2. The minimum absolute atomic E-state index is 0.161. The summed E-state index contributed by atoms with van der Waals surface area (Å²) in [6, 6.07) is 61.4. The van der Waals surface area contributed by atoms with Crippen molar-refractivity contribution in [2.75, 3.05) is 13.7 Å². The van der Waals surface area contributed by atoms with Crippen LogP contribution in [0.25, 0.3) is 0 Å². The first kappa shape index (κ1) is 36.4. The zero-order chi connectivity index (χ0) is 36.1. The summed E-state index contributed by atoms with van der Waals surface area (Å²) in [5, 5.41) is 0. The van der Waals surface area contributed by atoms with Crippen LogP contribution >= 0.6 is 0 Å². The van der Waals surface area contributed by atoms with Gasteiger partial charge in [-0.1, -0.05) is 182 Å². The lowest BCUT2D eigenvalue weighted by atomic mass is 9.80. The van der Waals surface area contributed by atoms with Gasteiger partial charge in [-0.25, -0.2) is 0 Å². The number of rotatable bonds is 16. The van der Waals surface area contributed by atoms with E-state index in [4.69, 9.17) is 28.4 Å². The van der Waals surface area contributed by atoms with Gasteiger partial charge in [-0.2, -0.15) is 0 Å². The molecule has 6 nitrogen and oxygen atoms in total. The molecule has 0 amide bonds. The lowest BCUT2D eigenvalue weighted by Gasteiger charge is -2.46. The quantitative estimate of drug-likeness (QED) is 0.0937. The van der Waals surface area contributed by atoms with E-state index in [-0.39, 0.29) is 6.61 Å². The van der Waals surface area contributed by atoms with Crippen molar-refractivity contribution in [2.24, 2.45) is 0 Å². The van der Waals surface area contributed by atoms with Gasteiger partial charge in [0.2, 0.25) is 0 Å². The first-order valence-corrected chi connectivity index (χ1v) is 18.2. The van der Waals surface area contributed by atoms with E-state index in [9.17, 15) is 0 Å². The van der Waals surface area contributed by atoms with Crippen LogP contribution in [0.4, 0.5) is 0 Å². The van der Waals surface area contributed by atoms with Gasteiger partial charge < -0.3 is 28.4 Å². The molecule has 0 aromatic heterocycles. The summed E-state index contributed by atoms with van der Waals surface area (Å²) in [4.78, 5) is 0. The maximum absolute atomic E-state index is 7.32. The SMILES string of the molecule is CO[C@@H]1O[C@H](COC(c2ccccc2)(c2ccccc2)c2ccccc2)[C@@H](OCc2ccccc2)[C@H](OCc2ccccc2)[C@H]1OCc1ccccc1. The fourth-order valence-corrected chi connectivity index (χ4v) is 7.05. The van der Waals surface area contributed by atoms with Gasteiger partial charge in [-0.05, 0) is 33.4 Å². The topological polar surface area (TPSA) is 55.4 Å². The van der Waals surface area contributed by atoms with Crippen LogP contribution in [0.5, 0.6) is 0 Å². The number of benzene rings is 6. The molecule has 53 heavy (non-hydrogen) atoms. The molecule has 0 bridgehead atoms. The Morgan fingerprint density at radius 1 is 0.434 bits per heavy atom. The monoisotopic (exact) mass is 706 g/mol. The number of ether oxygens (including phenoxy) is 6. The van der Waals surface area contributed by atoms with Crippen LogP contribution in [0, 0.1) is 0 Å². The first-order chi connectivity index (χ1) is 26.2. The molecule has 1 saturated heterocycles. The van der Waals surface area contributed by atoms with Crippen molar-refractivity contribution in [1.82, 2.24) is 0 Å². The smallest absolute Gasteiger partial charge is 0.186 e. The Hall–Kier alpha value is -4.92. The molecule has 0 spiro atoms. The third-order valence-corrected chi connectivity index (χ3v) is 9.68. The second-order valence-electron chi connectivity index (χ2n) is 13.2. The van der Waals surface area contributed by atoms with Crippen molar-refractivity contribution in [3.05, 3.63) is 215 Å². The van der Waals surface area contributed by atoms with Crippen molar-refractivity contribution in [3.63, 3.8) is 0 Å². The highest BCUT2D eigenvalue weighted by atomic mass is 16.7. The van der Waals surface area contributed by atoms with E-state index in [1.807, 2.05) is 121 Å². The van der Waals surface area contributed by atoms with E-state index in [1.165, 1.54) is 0 Å². The fraction of sp³-hybridized carbons (Fsp3) is 0.234. The number of methoxy groups -OCH3 is 1. The minimum Gasteiger partial charge on any atom is -0.368 e. The molecule has 5 atom stereocenters. The molecule has 0 unspecified atom stereocenters. The van der Waals surface area contributed by atoms with Crippen LogP contribution in [0.3, 0.4) is 0 Å². The molecule has 0 saturated carbocycles. The van der Waals surface area contributed by atoms with Crippen molar-refractivity contribution in [1.29, 1.82) is 0 Å². The average molecular weight is 707 g/mol. The summed E-state index contributed by atoms with van der Waals surface area (Å²) in [5.74, 6) is 0. The van der Waals surface area contributed by atoms with E-state index >= 15 is 0 Å². The largest absolute Gasteiger partial charge is 0.368 e. The van der Waals surface area contributed by atoms with Crippen LogP contribution in [0.15, 0.2) is 182 Å². The molecule has 1 heterocycles. The van der Waals surface area contributed by atoms with Crippen LogP contribution in [0.1, 0.15) is 33.4 Å². The highest BCUT2D eigenvalue weighted by Crippen LogP contribution is 2.42. The molecule has 0 aliphatic carbocycles. The molecule has 1 aliphatic heterocycles. The van der Waals surface area contributed by atoms with Crippen molar-refractivity contribution >= 4 is 0 Å². The molecule has 6 aromatic rings. The molecule has 0 N–H and O–H groups in total. The molecular weight excluding hydrogens is 661 g/mol. The van der Waals surface area contributed by atoms with Crippen LogP contribution in [0.2, 0.25) is 0 Å². The number of hydrogen-bond acceptors (Lipinski definition) is 6. The standard InChI is InChI=1S/C47H46O6/c1-48-46-45(51-34-38-24-12-4-13-25-38)44(50-33-37-22-10-3-11-23-37)43(49-32-36-20-8-2-9-21-36)42(53-46)35-52-47(39-26-14-5-15-27-39,40-28-16-6-17-29-40)41-30-18-7-19-31-41/h2-31,42-46H,32-35H2,1H3/t42-,43-,44+,45-,46-/m1/s1. The fourth-order valence-electron chi connectivity index (χ4n) is 7.05. The molecular formula is C47H46O6. The van der Waals surface area contributed by atoms with E-state index in [0.29, 0.717) is 19.8 Å².